The third-order valence-corrected chi connectivity index (χ3v) is 5.04. The summed E-state index contributed by atoms with van der Waals surface area (Å²) in [5.74, 6) is 0.661. The Balaban J connectivity index is 1.60. The number of nitrogens with one attached hydrogen (secondary N) is 4. The van der Waals surface area contributed by atoms with E-state index < -0.39 is 6.03 Å². The lowest BCUT2D eigenvalue weighted by atomic mass is 9.77. The second-order valence-corrected chi connectivity index (χ2v) is 6.69. The van der Waals surface area contributed by atoms with Gasteiger partial charge in [0.1, 0.15) is 0 Å². The molecule has 0 radical (unpaired) electrons. The van der Waals surface area contributed by atoms with Crippen molar-refractivity contribution in [1.29, 1.82) is 0 Å². The topological polar surface area (TPSA) is 108 Å². The number of carbonyl (C=O) groups is 2. The second-order valence-electron chi connectivity index (χ2n) is 6.69. The number of anilines is 1. The lowest BCUT2D eigenvalue weighted by Crippen LogP contribution is -2.48. The predicted molar refractivity (Wildman–Crippen MR) is 92.0 cm³/mol. The molecule has 2 aliphatic rings. The van der Waals surface area contributed by atoms with E-state index in [0.717, 1.165) is 24.9 Å². The van der Waals surface area contributed by atoms with E-state index in [1.807, 2.05) is 19.1 Å². The number of nitrogens with two attached hydrogens (primary N) is 1. The van der Waals surface area contributed by atoms with Crippen LogP contribution in [-0.4, -0.2) is 24.5 Å². The molecule has 24 heavy (non-hydrogen) atoms. The Bertz CT molecular complexity index is 604. The lowest BCUT2D eigenvalue weighted by molar-refractivity contribution is -0.127. The molecule has 0 spiro atoms. The van der Waals surface area contributed by atoms with E-state index in [-0.39, 0.29) is 23.9 Å². The Hall–Kier alpha value is -2.12. The number of fused-ring (bicyclic) bond motifs is 1. The van der Waals surface area contributed by atoms with Gasteiger partial charge in [-0.2, -0.15) is 0 Å². The molecule has 1 saturated carbocycles. The van der Waals surface area contributed by atoms with E-state index in [4.69, 9.17) is 5.73 Å². The van der Waals surface area contributed by atoms with Crippen molar-refractivity contribution in [2.24, 2.45) is 17.6 Å². The predicted octanol–water partition coefficient (Wildman–Crippen LogP) is 1.25. The second kappa shape index (κ2) is 7.19. The molecule has 3 amide bonds. The molecule has 3 rings (SSSR count). The van der Waals surface area contributed by atoms with E-state index in [1.165, 1.54) is 6.42 Å². The van der Waals surface area contributed by atoms with Crippen LogP contribution in [0.4, 0.5) is 10.5 Å². The van der Waals surface area contributed by atoms with Gasteiger partial charge in [0, 0.05) is 18.3 Å². The maximum atomic E-state index is 12.7. The van der Waals surface area contributed by atoms with Crippen LogP contribution in [0.25, 0.3) is 0 Å². The Morgan fingerprint density at radius 3 is 2.71 bits per heavy atom. The Morgan fingerprint density at radius 1 is 1.25 bits per heavy atom. The molecule has 1 heterocycles. The first kappa shape index (κ1) is 16.7. The normalized spacial score (nSPS) is 27.1. The van der Waals surface area contributed by atoms with Crippen LogP contribution in [0.3, 0.4) is 0 Å². The van der Waals surface area contributed by atoms with Crippen molar-refractivity contribution in [2.75, 3.05) is 11.9 Å². The van der Waals surface area contributed by atoms with Crippen molar-refractivity contribution in [3.8, 4) is 0 Å². The average molecular weight is 331 g/mol. The number of benzene rings is 1. The maximum Gasteiger partial charge on any atom is 0.316 e. The van der Waals surface area contributed by atoms with Crippen LogP contribution < -0.4 is 27.2 Å². The number of carbonyl (C=O) groups excluding carboxylic acids is 2. The molecular formula is C17H25N5O2. The molecule has 4 unspecified atom stereocenters. The number of amides is 3. The van der Waals surface area contributed by atoms with Crippen LogP contribution in [0.1, 0.15) is 37.8 Å². The minimum absolute atomic E-state index is 0.0111. The van der Waals surface area contributed by atoms with Crippen LogP contribution in [0.5, 0.6) is 0 Å². The van der Waals surface area contributed by atoms with Gasteiger partial charge in [-0.1, -0.05) is 18.6 Å². The lowest BCUT2D eigenvalue weighted by Gasteiger charge is -2.32. The molecule has 1 aromatic carbocycles. The summed E-state index contributed by atoms with van der Waals surface area (Å²) < 4.78 is 0. The summed E-state index contributed by atoms with van der Waals surface area (Å²) in [6, 6.07) is 6.88. The van der Waals surface area contributed by atoms with E-state index in [0.29, 0.717) is 11.6 Å². The SMILES string of the molecule is CC(NC(=O)C1CCCC2CNNC21)c1ccc(NC(N)=O)cc1. The van der Waals surface area contributed by atoms with Gasteiger partial charge in [0.05, 0.1) is 12.0 Å². The van der Waals surface area contributed by atoms with Crippen molar-refractivity contribution in [2.45, 2.75) is 38.3 Å². The van der Waals surface area contributed by atoms with Gasteiger partial charge in [0.25, 0.3) is 0 Å². The Kier molecular flexibility index (Phi) is 5.01. The third kappa shape index (κ3) is 3.68. The molecule has 6 N–H and O–H groups in total. The van der Waals surface area contributed by atoms with E-state index in [9.17, 15) is 9.59 Å². The molecule has 1 saturated heterocycles. The summed E-state index contributed by atoms with van der Waals surface area (Å²) in [5, 5.41) is 5.64. The number of urea groups is 1. The highest BCUT2D eigenvalue weighted by molar-refractivity contribution is 5.87. The standard InChI is InChI=1S/C17H25N5O2/c1-10(11-5-7-13(8-6-11)21-17(18)24)20-16(23)14-4-2-3-12-9-19-22-15(12)14/h5-8,10,12,14-15,19,22H,2-4,9H2,1H3,(H,20,23)(H3,18,21,24). The number of hydrogen-bond acceptors (Lipinski definition) is 4. The fraction of sp³-hybridized carbons (Fsp3) is 0.529. The average Bonchev–Trinajstić information content (AvgIpc) is 3.03. The van der Waals surface area contributed by atoms with Gasteiger partial charge < -0.3 is 16.4 Å². The van der Waals surface area contributed by atoms with Crippen LogP contribution in [0, 0.1) is 11.8 Å². The minimum Gasteiger partial charge on any atom is -0.351 e. The van der Waals surface area contributed by atoms with Gasteiger partial charge >= 0.3 is 6.03 Å². The molecule has 1 aliphatic carbocycles. The van der Waals surface area contributed by atoms with Gasteiger partial charge in [-0.05, 0) is 43.4 Å². The summed E-state index contributed by atoms with van der Waals surface area (Å²) in [5.41, 5.74) is 13.2. The quantitative estimate of drug-likeness (QED) is 0.572. The van der Waals surface area contributed by atoms with Crippen molar-refractivity contribution in [3.05, 3.63) is 29.8 Å². The zero-order valence-corrected chi connectivity index (χ0v) is 13.8. The molecule has 2 fully saturated rings. The summed E-state index contributed by atoms with van der Waals surface area (Å²) in [4.78, 5) is 23.5. The molecule has 130 valence electrons. The molecule has 7 heteroatoms. The minimum atomic E-state index is -0.589. The molecule has 7 nitrogen and oxygen atoms in total. The first-order valence-corrected chi connectivity index (χ1v) is 8.50. The van der Waals surface area contributed by atoms with Gasteiger partial charge in [0.2, 0.25) is 5.91 Å². The van der Waals surface area contributed by atoms with Gasteiger partial charge in [-0.25, -0.2) is 4.79 Å². The molecule has 0 aromatic heterocycles. The van der Waals surface area contributed by atoms with Crippen molar-refractivity contribution in [3.63, 3.8) is 0 Å². The van der Waals surface area contributed by atoms with Crippen LogP contribution in [0.2, 0.25) is 0 Å². The maximum absolute atomic E-state index is 12.7. The van der Waals surface area contributed by atoms with E-state index >= 15 is 0 Å². The number of primary amides is 1. The number of hydrazine groups is 1. The third-order valence-electron chi connectivity index (χ3n) is 5.04. The smallest absolute Gasteiger partial charge is 0.316 e. The van der Waals surface area contributed by atoms with Crippen molar-refractivity contribution in [1.82, 2.24) is 16.2 Å². The summed E-state index contributed by atoms with van der Waals surface area (Å²) in [6.07, 6.45) is 3.21. The highest BCUT2D eigenvalue weighted by Crippen LogP contribution is 2.31. The molecule has 0 bridgehead atoms. The first-order valence-electron chi connectivity index (χ1n) is 8.50. The first-order chi connectivity index (χ1) is 11.5. The monoisotopic (exact) mass is 331 g/mol. The molecule has 4 atom stereocenters. The number of rotatable bonds is 4. The zero-order chi connectivity index (χ0) is 17.1. The fourth-order valence-electron chi connectivity index (χ4n) is 3.74. The Morgan fingerprint density at radius 2 is 2.00 bits per heavy atom. The summed E-state index contributed by atoms with van der Waals surface area (Å²) in [7, 11) is 0. The fourth-order valence-corrected chi connectivity index (χ4v) is 3.74. The Labute approximate surface area is 141 Å². The molecule has 1 aromatic rings. The molecular weight excluding hydrogens is 306 g/mol. The highest BCUT2D eigenvalue weighted by atomic mass is 16.2. The zero-order valence-electron chi connectivity index (χ0n) is 13.8. The highest BCUT2D eigenvalue weighted by Gasteiger charge is 2.40. The molecule has 1 aliphatic heterocycles. The van der Waals surface area contributed by atoms with Gasteiger partial charge in [-0.3, -0.25) is 15.6 Å². The summed E-state index contributed by atoms with van der Waals surface area (Å²) in [6.45, 7) is 2.91. The summed E-state index contributed by atoms with van der Waals surface area (Å²) >= 11 is 0. The van der Waals surface area contributed by atoms with Crippen LogP contribution in [0.15, 0.2) is 24.3 Å². The van der Waals surface area contributed by atoms with E-state index in [2.05, 4.69) is 21.5 Å². The van der Waals surface area contributed by atoms with Gasteiger partial charge in [0.15, 0.2) is 0 Å². The largest absolute Gasteiger partial charge is 0.351 e. The number of hydrogen-bond donors (Lipinski definition) is 5. The van der Waals surface area contributed by atoms with Crippen LogP contribution >= 0.6 is 0 Å². The van der Waals surface area contributed by atoms with Crippen LogP contribution in [-0.2, 0) is 4.79 Å². The van der Waals surface area contributed by atoms with Crippen molar-refractivity contribution >= 4 is 17.6 Å². The van der Waals surface area contributed by atoms with Gasteiger partial charge in [-0.15, -0.1) is 0 Å². The van der Waals surface area contributed by atoms with Crippen molar-refractivity contribution < 1.29 is 9.59 Å². The van der Waals surface area contributed by atoms with E-state index in [1.54, 1.807) is 12.1 Å².